The zero-order chi connectivity index (χ0) is 12.4. The first-order chi connectivity index (χ1) is 8.15. The quantitative estimate of drug-likeness (QED) is 0.635. The Morgan fingerprint density at radius 3 is 2.53 bits per heavy atom. The smallest absolute Gasteiger partial charge is 0.260 e. The Kier molecular flexibility index (Phi) is 2.91. The summed E-state index contributed by atoms with van der Waals surface area (Å²) in [5.74, 6) is -0.584. The lowest BCUT2D eigenvalue weighted by Gasteiger charge is -2.02. The zero-order valence-electron chi connectivity index (χ0n) is 9.62. The van der Waals surface area contributed by atoms with E-state index in [0.717, 1.165) is 0 Å². The minimum atomic E-state index is -0.347. The van der Waals surface area contributed by atoms with Crippen molar-refractivity contribution in [1.29, 1.82) is 0 Å². The van der Waals surface area contributed by atoms with Gasteiger partial charge in [-0.1, -0.05) is 43.8 Å². The lowest BCUT2D eigenvalue weighted by Crippen LogP contribution is -2.20. The molecule has 1 aliphatic rings. The molecule has 1 amide bonds. The van der Waals surface area contributed by atoms with Gasteiger partial charge in [0.05, 0.1) is 5.57 Å². The van der Waals surface area contributed by atoms with Crippen molar-refractivity contribution in [3.8, 4) is 0 Å². The maximum Gasteiger partial charge on any atom is 0.260 e. The van der Waals surface area contributed by atoms with E-state index in [4.69, 9.17) is 0 Å². The van der Waals surface area contributed by atoms with Gasteiger partial charge in [-0.2, -0.15) is 0 Å². The molecule has 0 fully saturated rings. The van der Waals surface area contributed by atoms with Crippen molar-refractivity contribution in [1.82, 2.24) is 5.32 Å². The van der Waals surface area contributed by atoms with Gasteiger partial charge in [0, 0.05) is 11.3 Å². The molecule has 17 heavy (non-hydrogen) atoms. The molecular weight excluding hydrogens is 214 g/mol. The van der Waals surface area contributed by atoms with E-state index in [1.54, 1.807) is 24.3 Å². The van der Waals surface area contributed by atoms with Crippen LogP contribution in [0.15, 0.2) is 53.8 Å². The lowest BCUT2D eigenvalue weighted by atomic mass is 9.98. The van der Waals surface area contributed by atoms with Gasteiger partial charge in [-0.15, -0.1) is 0 Å². The van der Waals surface area contributed by atoms with Crippen LogP contribution in [-0.2, 0) is 4.79 Å². The molecule has 0 saturated heterocycles. The summed E-state index contributed by atoms with van der Waals surface area (Å²) in [6.45, 7) is 5.64. The van der Waals surface area contributed by atoms with Gasteiger partial charge in [-0.3, -0.25) is 9.59 Å². The lowest BCUT2D eigenvalue weighted by molar-refractivity contribution is -0.115. The summed E-state index contributed by atoms with van der Waals surface area (Å²) in [4.78, 5) is 23.9. The summed E-state index contributed by atoms with van der Waals surface area (Å²) < 4.78 is 0. The normalized spacial score (nSPS) is 15.1. The van der Waals surface area contributed by atoms with E-state index in [1.807, 2.05) is 13.0 Å². The summed E-state index contributed by atoms with van der Waals surface area (Å²) in [6.07, 6.45) is 0.617. The van der Waals surface area contributed by atoms with Gasteiger partial charge < -0.3 is 5.32 Å². The maximum absolute atomic E-state index is 12.2. The van der Waals surface area contributed by atoms with E-state index in [2.05, 4.69) is 11.9 Å². The molecule has 3 heteroatoms. The summed E-state index contributed by atoms with van der Waals surface area (Å²) >= 11 is 0. The number of carbonyl (C=O) groups is 2. The molecule has 0 aliphatic carbocycles. The van der Waals surface area contributed by atoms with Crippen molar-refractivity contribution >= 4 is 11.7 Å². The van der Waals surface area contributed by atoms with Crippen molar-refractivity contribution in [3.05, 3.63) is 59.3 Å². The Hall–Kier alpha value is -2.16. The van der Waals surface area contributed by atoms with Crippen LogP contribution in [0.2, 0.25) is 0 Å². The van der Waals surface area contributed by atoms with E-state index in [1.165, 1.54) is 0 Å². The van der Waals surface area contributed by atoms with E-state index in [-0.39, 0.29) is 17.3 Å². The van der Waals surface area contributed by atoms with Crippen LogP contribution in [0.1, 0.15) is 23.7 Å². The van der Waals surface area contributed by atoms with Crippen molar-refractivity contribution in [2.75, 3.05) is 0 Å². The monoisotopic (exact) mass is 227 g/mol. The predicted octanol–water partition coefficient (Wildman–Crippen LogP) is 2.22. The molecule has 1 aromatic rings. The Morgan fingerprint density at radius 2 is 1.94 bits per heavy atom. The second-order valence-corrected chi connectivity index (χ2v) is 3.83. The summed E-state index contributed by atoms with van der Waals surface area (Å²) in [5.41, 5.74) is 2.00. The van der Waals surface area contributed by atoms with Crippen LogP contribution in [0.25, 0.3) is 0 Å². The molecule has 0 atom stereocenters. The van der Waals surface area contributed by atoms with Crippen molar-refractivity contribution < 1.29 is 9.59 Å². The number of allylic oxidation sites excluding steroid dienone is 1. The van der Waals surface area contributed by atoms with Gasteiger partial charge in [-0.05, 0) is 12.0 Å². The number of ketones is 1. The molecular formula is C14H13NO2. The first-order valence-corrected chi connectivity index (χ1v) is 5.48. The Labute approximate surface area is 99.8 Å². The standard InChI is InChI=1S/C14H13NO2/c1-3-11-9(2)15-14(17)12(11)13(16)10-7-5-4-6-8-10/h4-8H,2-3H2,1H3,(H,15,17). The Bertz CT molecular complexity index is 526. The van der Waals surface area contributed by atoms with Crippen LogP contribution in [0.5, 0.6) is 0 Å². The van der Waals surface area contributed by atoms with Crippen LogP contribution in [0, 0.1) is 0 Å². The largest absolute Gasteiger partial charge is 0.322 e. The van der Waals surface area contributed by atoms with Gasteiger partial charge in [0.1, 0.15) is 0 Å². The Balaban J connectivity index is 2.47. The van der Waals surface area contributed by atoms with E-state index in [9.17, 15) is 9.59 Å². The fourth-order valence-corrected chi connectivity index (χ4v) is 1.93. The molecule has 0 unspecified atom stereocenters. The van der Waals surface area contributed by atoms with Gasteiger partial charge in [0.15, 0.2) is 5.78 Å². The second-order valence-electron chi connectivity index (χ2n) is 3.83. The molecule has 1 heterocycles. The molecule has 1 N–H and O–H groups in total. The number of hydrogen-bond acceptors (Lipinski definition) is 2. The first kappa shape index (κ1) is 11.3. The van der Waals surface area contributed by atoms with E-state index in [0.29, 0.717) is 23.3 Å². The fourth-order valence-electron chi connectivity index (χ4n) is 1.93. The minimum Gasteiger partial charge on any atom is -0.322 e. The third-order valence-electron chi connectivity index (χ3n) is 2.77. The van der Waals surface area contributed by atoms with Crippen LogP contribution >= 0.6 is 0 Å². The van der Waals surface area contributed by atoms with E-state index < -0.39 is 0 Å². The van der Waals surface area contributed by atoms with Crippen molar-refractivity contribution in [3.63, 3.8) is 0 Å². The number of rotatable bonds is 3. The molecule has 1 aliphatic heterocycles. The maximum atomic E-state index is 12.2. The molecule has 0 saturated carbocycles. The second kappa shape index (κ2) is 4.37. The van der Waals surface area contributed by atoms with Gasteiger partial charge >= 0.3 is 0 Å². The highest BCUT2D eigenvalue weighted by Gasteiger charge is 2.30. The molecule has 0 radical (unpaired) electrons. The van der Waals surface area contributed by atoms with Gasteiger partial charge in [0.2, 0.25) is 0 Å². The Morgan fingerprint density at radius 1 is 1.29 bits per heavy atom. The highest BCUT2D eigenvalue weighted by molar-refractivity contribution is 6.28. The van der Waals surface area contributed by atoms with E-state index >= 15 is 0 Å². The topological polar surface area (TPSA) is 46.2 Å². The van der Waals surface area contributed by atoms with Crippen molar-refractivity contribution in [2.45, 2.75) is 13.3 Å². The third-order valence-corrected chi connectivity index (χ3v) is 2.77. The molecule has 86 valence electrons. The average molecular weight is 227 g/mol. The highest BCUT2D eigenvalue weighted by Crippen LogP contribution is 2.25. The molecule has 0 bridgehead atoms. The molecule has 1 aromatic carbocycles. The molecule has 2 rings (SSSR count). The third kappa shape index (κ3) is 1.91. The number of nitrogens with one attached hydrogen (secondary N) is 1. The first-order valence-electron chi connectivity index (χ1n) is 5.48. The molecule has 3 nitrogen and oxygen atoms in total. The van der Waals surface area contributed by atoms with Crippen LogP contribution in [0.3, 0.4) is 0 Å². The van der Waals surface area contributed by atoms with Crippen LogP contribution in [-0.4, -0.2) is 11.7 Å². The number of benzene rings is 1. The highest BCUT2D eigenvalue weighted by atomic mass is 16.2. The van der Waals surface area contributed by atoms with Crippen LogP contribution < -0.4 is 5.32 Å². The zero-order valence-corrected chi connectivity index (χ0v) is 9.62. The SMILES string of the molecule is C=C1NC(=O)C(C(=O)c2ccccc2)=C1CC. The summed E-state index contributed by atoms with van der Waals surface area (Å²) in [6, 6.07) is 8.80. The van der Waals surface area contributed by atoms with Gasteiger partial charge in [-0.25, -0.2) is 0 Å². The average Bonchev–Trinajstić information content (AvgIpc) is 2.63. The fraction of sp³-hybridized carbons (Fsp3) is 0.143. The molecule has 0 spiro atoms. The van der Waals surface area contributed by atoms with Crippen LogP contribution in [0.4, 0.5) is 0 Å². The number of carbonyl (C=O) groups excluding carboxylic acids is 2. The van der Waals surface area contributed by atoms with Gasteiger partial charge in [0.25, 0.3) is 5.91 Å². The summed E-state index contributed by atoms with van der Waals surface area (Å²) in [5, 5.41) is 2.59. The predicted molar refractivity (Wildman–Crippen MR) is 65.4 cm³/mol. The number of Topliss-reactive ketones (excluding diaryl/α,β-unsaturated/α-hetero) is 1. The van der Waals surface area contributed by atoms with Crippen molar-refractivity contribution in [2.24, 2.45) is 0 Å². The minimum absolute atomic E-state index is 0.226. The molecule has 0 aromatic heterocycles. The number of amides is 1. The summed E-state index contributed by atoms with van der Waals surface area (Å²) in [7, 11) is 0. The number of hydrogen-bond donors (Lipinski definition) is 1.